The Morgan fingerprint density at radius 3 is 2.23 bits per heavy atom. The Bertz CT molecular complexity index is 758. The second-order valence-electron chi connectivity index (χ2n) is 6.35. The van der Waals surface area contributed by atoms with Gasteiger partial charge in [0.15, 0.2) is 0 Å². The second-order valence-corrected chi connectivity index (χ2v) is 8.13. The molecule has 2 rings (SSSR count). The monoisotopic (exact) mass is 390 g/mol. The van der Waals surface area contributed by atoms with Crippen LogP contribution in [0.5, 0.6) is 0 Å². The Hall–Kier alpha value is -1.87. The first-order chi connectivity index (χ1) is 12.0. The third kappa shape index (κ3) is 6.45. The molecule has 0 radical (unpaired) electrons. The molecule has 0 bridgehead atoms. The van der Waals surface area contributed by atoms with Crippen LogP contribution < -0.4 is 10.0 Å². The quantitative estimate of drug-likeness (QED) is 0.759. The van der Waals surface area contributed by atoms with E-state index in [-0.39, 0.29) is 12.1 Å². The molecule has 1 saturated carbocycles. The maximum absolute atomic E-state index is 12.5. The number of hydrogen-bond donors (Lipinski definition) is 2. The molecular weight excluding hydrogens is 369 g/mol. The van der Waals surface area contributed by atoms with Crippen LogP contribution in [0, 0.1) is 0 Å². The maximum Gasteiger partial charge on any atom is 0.416 e. The predicted molar refractivity (Wildman–Crippen MR) is 92.6 cm³/mol. The molecule has 1 aromatic carbocycles. The van der Waals surface area contributed by atoms with E-state index in [0.29, 0.717) is 18.4 Å². The number of amides is 1. The first-order valence-corrected chi connectivity index (χ1v) is 10.1. The first kappa shape index (κ1) is 20.4. The molecule has 1 fully saturated rings. The molecule has 0 aromatic heterocycles. The van der Waals surface area contributed by atoms with Crippen LogP contribution in [0.3, 0.4) is 0 Å². The summed E-state index contributed by atoms with van der Waals surface area (Å²) in [5, 5.41) is 2.76. The predicted octanol–water partition coefficient (Wildman–Crippen LogP) is 2.70. The van der Waals surface area contributed by atoms with Gasteiger partial charge in [-0.15, -0.1) is 0 Å². The van der Waals surface area contributed by atoms with Crippen LogP contribution in [0.4, 0.5) is 13.2 Å². The van der Waals surface area contributed by atoms with Crippen LogP contribution in [0.25, 0.3) is 6.08 Å². The van der Waals surface area contributed by atoms with Gasteiger partial charge in [-0.1, -0.05) is 25.0 Å². The number of halogens is 3. The highest BCUT2D eigenvalue weighted by molar-refractivity contribution is 7.88. The maximum atomic E-state index is 12.5. The van der Waals surface area contributed by atoms with Gasteiger partial charge in [0, 0.05) is 18.2 Å². The molecule has 0 spiro atoms. The number of rotatable bonds is 5. The topological polar surface area (TPSA) is 75.3 Å². The summed E-state index contributed by atoms with van der Waals surface area (Å²) >= 11 is 0. The van der Waals surface area contributed by atoms with Crippen LogP contribution in [-0.4, -0.2) is 32.7 Å². The standard InChI is InChI=1S/C17H21F3N2O3S/c1-26(24,25)22-15-5-3-2-4-14(15)21-16(23)11-8-12-6-9-13(10-7-12)17(18,19)20/h6-11,14-15,22H,2-5H2,1H3,(H,21,23)/b11-8+. The lowest BCUT2D eigenvalue weighted by Gasteiger charge is -2.31. The number of carbonyl (C=O) groups excluding carboxylic acids is 1. The van der Waals surface area contributed by atoms with E-state index in [1.54, 1.807) is 0 Å². The summed E-state index contributed by atoms with van der Waals surface area (Å²) in [4.78, 5) is 12.1. The van der Waals surface area contributed by atoms with Crippen LogP contribution in [0.1, 0.15) is 36.8 Å². The molecule has 5 nitrogen and oxygen atoms in total. The highest BCUT2D eigenvalue weighted by Crippen LogP contribution is 2.29. The Morgan fingerprint density at radius 1 is 1.12 bits per heavy atom. The van der Waals surface area contributed by atoms with E-state index in [2.05, 4.69) is 10.0 Å². The highest BCUT2D eigenvalue weighted by atomic mass is 32.2. The van der Waals surface area contributed by atoms with E-state index >= 15 is 0 Å². The molecule has 9 heteroatoms. The molecule has 1 aliphatic carbocycles. The Balaban J connectivity index is 1.97. The van der Waals surface area contributed by atoms with Crippen molar-refractivity contribution in [1.29, 1.82) is 0 Å². The molecule has 0 heterocycles. The summed E-state index contributed by atoms with van der Waals surface area (Å²) in [6, 6.07) is 3.78. The summed E-state index contributed by atoms with van der Waals surface area (Å²) in [6.45, 7) is 0. The molecule has 1 aromatic rings. The fourth-order valence-corrected chi connectivity index (χ4v) is 3.74. The number of sulfonamides is 1. The van der Waals surface area contributed by atoms with Gasteiger partial charge in [0.1, 0.15) is 0 Å². The Morgan fingerprint density at radius 2 is 1.69 bits per heavy atom. The second kappa shape index (κ2) is 8.22. The molecule has 2 N–H and O–H groups in total. The van der Waals surface area contributed by atoms with Gasteiger partial charge in [0.2, 0.25) is 15.9 Å². The van der Waals surface area contributed by atoms with Crippen molar-refractivity contribution in [2.24, 2.45) is 0 Å². The van der Waals surface area contributed by atoms with Crippen molar-refractivity contribution < 1.29 is 26.4 Å². The van der Waals surface area contributed by atoms with Gasteiger partial charge in [0.25, 0.3) is 0 Å². The zero-order valence-corrected chi connectivity index (χ0v) is 15.0. The SMILES string of the molecule is CS(=O)(=O)NC1CCCCC1NC(=O)/C=C/c1ccc(C(F)(F)F)cc1. The summed E-state index contributed by atoms with van der Waals surface area (Å²) in [5.41, 5.74) is -0.293. The first-order valence-electron chi connectivity index (χ1n) is 8.18. The van der Waals surface area contributed by atoms with Crippen LogP contribution in [-0.2, 0) is 21.0 Å². The number of benzene rings is 1. The Labute approximate surface area is 150 Å². The molecule has 26 heavy (non-hydrogen) atoms. The van der Waals surface area contributed by atoms with Gasteiger partial charge in [-0.2, -0.15) is 13.2 Å². The van der Waals surface area contributed by atoms with Gasteiger partial charge >= 0.3 is 6.18 Å². The minimum atomic E-state index is -4.40. The number of hydrogen-bond acceptors (Lipinski definition) is 3. The third-order valence-corrected chi connectivity index (χ3v) is 4.86. The van der Waals surface area contributed by atoms with Crippen molar-refractivity contribution in [2.75, 3.05) is 6.26 Å². The van der Waals surface area contributed by atoms with Gasteiger partial charge in [-0.25, -0.2) is 13.1 Å². The lowest BCUT2D eigenvalue weighted by molar-refractivity contribution is -0.137. The summed E-state index contributed by atoms with van der Waals surface area (Å²) in [7, 11) is -3.38. The fraction of sp³-hybridized carbons (Fsp3) is 0.471. The molecular formula is C17H21F3N2O3S. The average Bonchev–Trinajstić information content (AvgIpc) is 2.53. The lowest BCUT2D eigenvalue weighted by Crippen LogP contribution is -2.52. The number of nitrogens with one attached hydrogen (secondary N) is 2. The molecule has 1 amide bonds. The minimum absolute atomic E-state index is 0.316. The molecule has 0 saturated heterocycles. The fourth-order valence-electron chi connectivity index (χ4n) is 2.91. The van der Waals surface area contributed by atoms with E-state index in [1.165, 1.54) is 24.3 Å². The van der Waals surface area contributed by atoms with Gasteiger partial charge in [0.05, 0.1) is 11.8 Å². The highest BCUT2D eigenvalue weighted by Gasteiger charge is 2.30. The van der Waals surface area contributed by atoms with Gasteiger partial charge < -0.3 is 5.32 Å². The van der Waals surface area contributed by atoms with E-state index in [4.69, 9.17) is 0 Å². The molecule has 1 aliphatic rings. The Kier molecular flexibility index (Phi) is 6.46. The summed E-state index contributed by atoms with van der Waals surface area (Å²) in [6.07, 6.45) is 2.38. The third-order valence-electron chi connectivity index (χ3n) is 4.12. The zero-order chi connectivity index (χ0) is 19.4. The van der Waals surface area contributed by atoms with Crippen LogP contribution in [0.15, 0.2) is 30.3 Å². The summed E-state index contributed by atoms with van der Waals surface area (Å²) < 4.78 is 62.9. The van der Waals surface area contributed by atoms with E-state index in [0.717, 1.165) is 31.2 Å². The van der Waals surface area contributed by atoms with Crippen molar-refractivity contribution in [1.82, 2.24) is 10.0 Å². The van der Waals surface area contributed by atoms with Crippen molar-refractivity contribution >= 4 is 22.0 Å². The van der Waals surface area contributed by atoms with Gasteiger partial charge in [-0.05, 0) is 36.6 Å². The molecule has 0 aliphatic heterocycles. The van der Waals surface area contributed by atoms with Crippen molar-refractivity contribution in [3.05, 3.63) is 41.5 Å². The largest absolute Gasteiger partial charge is 0.416 e. The normalized spacial score (nSPS) is 21.7. The smallest absolute Gasteiger partial charge is 0.348 e. The van der Waals surface area contributed by atoms with Crippen LogP contribution in [0.2, 0.25) is 0 Å². The van der Waals surface area contributed by atoms with Crippen molar-refractivity contribution in [3.63, 3.8) is 0 Å². The van der Waals surface area contributed by atoms with Crippen LogP contribution >= 0.6 is 0 Å². The van der Waals surface area contributed by atoms with E-state index in [9.17, 15) is 26.4 Å². The van der Waals surface area contributed by atoms with E-state index < -0.39 is 27.7 Å². The van der Waals surface area contributed by atoms with Crippen molar-refractivity contribution in [3.8, 4) is 0 Å². The summed E-state index contributed by atoms with van der Waals surface area (Å²) in [5.74, 6) is -0.419. The molecule has 2 unspecified atom stereocenters. The number of alkyl halides is 3. The zero-order valence-electron chi connectivity index (χ0n) is 14.2. The molecule has 2 atom stereocenters. The average molecular weight is 390 g/mol. The van der Waals surface area contributed by atoms with Crippen molar-refractivity contribution in [2.45, 2.75) is 43.9 Å². The number of carbonyl (C=O) groups is 1. The molecule has 144 valence electrons. The lowest BCUT2D eigenvalue weighted by atomic mass is 9.91. The van der Waals surface area contributed by atoms with Gasteiger partial charge in [-0.3, -0.25) is 4.79 Å². The minimum Gasteiger partial charge on any atom is -0.348 e. The van der Waals surface area contributed by atoms with E-state index in [1.807, 2.05) is 0 Å².